The van der Waals surface area contributed by atoms with Crippen LogP contribution in [0.1, 0.15) is 12.8 Å². The molecule has 1 saturated heterocycles. The van der Waals surface area contributed by atoms with Crippen LogP contribution >= 0.6 is 0 Å². The molecular weight excluding hydrogens is 252 g/mol. The molecule has 0 aliphatic carbocycles. The van der Waals surface area contributed by atoms with Gasteiger partial charge in [0.2, 0.25) is 0 Å². The van der Waals surface area contributed by atoms with E-state index < -0.39 is 0 Å². The maximum Gasteiger partial charge on any atom is 0.345 e. The second kappa shape index (κ2) is 5.46. The third kappa shape index (κ3) is 2.58. The smallest absolute Gasteiger partial charge is 0.345 e. The lowest BCUT2D eigenvalue weighted by Crippen LogP contribution is -2.40. The van der Waals surface area contributed by atoms with E-state index in [4.69, 9.17) is 5.73 Å². The molecule has 1 aliphatic rings. The summed E-state index contributed by atoms with van der Waals surface area (Å²) in [7, 11) is 0. The van der Waals surface area contributed by atoms with Gasteiger partial charge in [0.25, 0.3) is 0 Å². The first-order valence-corrected chi connectivity index (χ1v) is 6.89. The maximum absolute atomic E-state index is 11.5. The summed E-state index contributed by atoms with van der Waals surface area (Å²) in [6.07, 6.45) is 3.60. The zero-order valence-corrected chi connectivity index (χ0v) is 11.2. The predicted molar refractivity (Wildman–Crippen MR) is 79.7 cm³/mol. The Balaban J connectivity index is 2.01. The average Bonchev–Trinajstić information content (AvgIpc) is 2.49. The molecule has 5 heteroatoms. The summed E-state index contributed by atoms with van der Waals surface area (Å²) in [5, 5.41) is 0. The SMILES string of the molecule is NC1CCN(c2cnc(=O)[nH]c2-c2ccccc2)CC1. The number of aromatic nitrogens is 2. The summed E-state index contributed by atoms with van der Waals surface area (Å²) in [6.45, 7) is 1.80. The van der Waals surface area contributed by atoms with Crippen LogP contribution in [-0.2, 0) is 0 Å². The summed E-state index contributed by atoms with van der Waals surface area (Å²) in [5.41, 5.74) is 8.44. The number of nitrogens with zero attached hydrogens (tertiary/aromatic N) is 2. The second-order valence-electron chi connectivity index (χ2n) is 5.14. The first-order chi connectivity index (χ1) is 9.74. The fraction of sp³-hybridized carbons (Fsp3) is 0.333. The zero-order chi connectivity index (χ0) is 13.9. The summed E-state index contributed by atoms with van der Waals surface area (Å²) in [6, 6.07) is 10.1. The Kier molecular flexibility index (Phi) is 3.52. The lowest BCUT2D eigenvalue weighted by Gasteiger charge is -2.32. The molecule has 5 nitrogen and oxygen atoms in total. The van der Waals surface area contributed by atoms with Gasteiger partial charge in [-0.25, -0.2) is 4.79 Å². The van der Waals surface area contributed by atoms with E-state index in [-0.39, 0.29) is 11.7 Å². The van der Waals surface area contributed by atoms with E-state index in [9.17, 15) is 4.79 Å². The number of piperidine rings is 1. The number of anilines is 1. The van der Waals surface area contributed by atoms with E-state index in [0.29, 0.717) is 0 Å². The van der Waals surface area contributed by atoms with Gasteiger partial charge in [-0.15, -0.1) is 0 Å². The van der Waals surface area contributed by atoms with Crippen LogP contribution in [0.4, 0.5) is 5.69 Å². The highest BCUT2D eigenvalue weighted by Gasteiger charge is 2.20. The number of hydrogen-bond donors (Lipinski definition) is 2. The molecule has 0 atom stereocenters. The Morgan fingerprint density at radius 3 is 2.60 bits per heavy atom. The first kappa shape index (κ1) is 12.9. The molecule has 1 aromatic heterocycles. The highest BCUT2D eigenvalue weighted by atomic mass is 16.1. The first-order valence-electron chi connectivity index (χ1n) is 6.89. The number of nitrogens with two attached hydrogens (primary N) is 1. The zero-order valence-electron chi connectivity index (χ0n) is 11.2. The largest absolute Gasteiger partial charge is 0.368 e. The van der Waals surface area contributed by atoms with E-state index >= 15 is 0 Å². The molecular formula is C15H18N4O. The van der Waals surface area contributed by atoms with E-state index in [1.807, 2.05) is 30.3 Å². The summed E-state index contributed by atoms with van der Waals surface area (Å²) < 4.78 is 0. The van der Waals surface area contributed by atoms with Crippen molar-refractivity contribution in [1.29, 1.82) is 0 Å². The average molecular weight is 270 g/mol. The molecule has 0 saturated carbocycles. The molecule has 3 rings (SSSR count). The number of aromatic amines is 1. The van der Waals surface area contributed by atoms with Crippen molar-refractivity contribution in [2.75, 3.05) is 18.0 Å². The molecule has 0 amide bonds. The molecule has 1 fully saturated rings. The fourth-order valence-electron chi connectivity index (χ4n) is 2.59. The van der Waals surface area contributed by atoms with Crippen molar-refractivity contribution in [3.8, 4) is 11.3 Å². The minimum atomic E-state index is -0.318. The molecule has 20 heavy (non-hydrogen) atoms. The molecule has 1 aromatic carbocycles. The second-order valence-corrected chi connectivity index (χ2v) is 5.14. The molecule has 3 N–H and O–H groups in total. The molecule has 1 aliphatic heterocycles. The third-order valence-electron chi connectivity index (χ3n) is 3.73. The number of nitrogens with one attached hydrogen (secondary N) is 1. The Hall–Kier alpha value is -2.14. The highest BCUT2D eigenvalue weighted by molar-refractivity contribution is 5.74. The van der Waals surface area contributed by atoms with Gasteiger partial charge in [-0.2, -0.15) is 4.98 Å². The quantitative estimate of drug-likeness (QED) is 0.864. The van der Waals surface area contributed by atoms with Gasteiger partial charge >= 0.3 is 5.69 Å². The van der Waals surface area contributed by atoms with Crippen LogP contribution in [0.25, 0.3) is 11.3 Å². The van der Waals surface area contributed by atoms with Gasteiger partial charge in [0.1, 0.15) is 0 Å². The van der Waals surface area contributed by atoms with Crippen LogP contribution in [0.3, 0.4) is 0 Å². The molecule has 0 unspecified atom stereocenters. The topological polar surface area (TPSA) is 75.0 Å². The number of benzene rings is 1. The minimum absolute atomic E-state index is 0.280. The normalized spacial score (nSPS) is 16.4. The van der Waals surface area contributed by atoms with Gasteiger partial charge in [0.15, 0.2) is 0 Å². The molecule has 0 radical (unpaired) electrons. The van der Waals surface area contributed by atoms with Gasteiger partial charge in [-0.3, -0.25) is 0 Å². The molecule has 104 valence electrons. The Labute approximate surface area is 117 Å². The van der Waals surface area contributed by atoms with Crippen LogP contribution in [0, 0.1) is 0 Å². The van der Waals surface area contributed by atoms with Gasteiger partial charge in [-0.05, 0) is 12.8 Å². The minimum Gasteiger partial charge on any atom is -0.368 e. The standard InChI is InChI=1S/C15H18N4O/c16-12-6-8-19(9-7-12)13-10-17-15(20)18-14(13)11-4-2-1-3-5-11/h1-5,10,12H,6-9,16H2,(H,17,18,20). The van der Waals surface area contributed by atoms with Crippen LogP contribution in [0.2, 0.25) is 0 Å². The van der Waals surface area contributed by atoms with E-state index in [1.54, 1.807) is 6.20 Å². The van der Waals surface area contributed by atoms with Gasteiger partial charge in [-0.1, -0.05) is 30.3 Å². The van der Waals surface area contributed by atoms with Crippen molar-refractivity contribution < 1.29 is 0 Å². The van der Waals surface area contributed by atoms with Crippen molar-refractivity contribution in [2.24, 2.45) is 5.73 Å². The van der Waals surface area contributed by atoms with E-state index in [0.717, 1.165) is 42.9 Å². The highest BCUT2D eigenvalue weighted by Crippen LogP contribution is 2.28. The van der Waals surface area contributed by atoms with Crippen molar-refractivity contribution in [1.82, 2.24) is 9.97 Å². The van der Waals surface area contributed by atoms with Crippen molar-refractivity contribution >= 4 is 5.69 Å². The Morgan fingerprint density at radius 1 is 1.20 bits per heavy atom. The predicted octanol–water partition coefficient (Wildman–Crippen LogP) is 1.36. The number of rotatable bonds is 2. The van der Waals surface area contributed by atoms with Gasteiger partial charge in [0, 0.05) is 24.7 Å². The van der Waals surface area contributed by atoms with Gasteiger partial charge in [0.05, 0.1) is 17.6 Å². The maximum atomic E-state index is 11.5. The van der Waals surface area contributed by atoms with Crippen LogP contribution in [-0.4, -0.2) is 29.1 Å². The number of H-pyrrole nitrogens is 1. The Morgan fingerprint density at radius 2 is 1.90 bits per heavy atom. The van der Waals surface area contributed by atoms with E-state index in [2.05, 4.69) is 14.9 Å². The fourth-order valence-corrected chi connectivity index (χ4v) is 2.59. The van der Waals surface area contributed by atoms with Crippen LogP contribution in [0.15, 0.2) is 41.3 Å². The van der Waals surface area contributed by atoms with Crippen molar-refractivity contribution in [2.45, 2.75) is 18.9 Å². The molecule has 0 bridgehead atoms. The lowest BCUT2D eigenvalue weighted by molar-refractivity contribution is 0.501. The van der Waals surface area contributed by atoms with Gasteiger partial charge < -0.3 is 15.6 Å². The molecule has 2 heterocycles. The summed E-state index contributed by atoms with van der Waals surface area (Å²) in [5.74, 6) is 0. The summed E-state index contributed by atoms with van der Waals surface area (Å²) >= 11 is 0. The lowest BCUT2D eigenvalue weighted by atomic mass is 10.0. The van der Waals surface area contributed by atoms with E-state index in [1.165, 1.54) is 0 Å². The third-order valence-corrected chi connectivity index (χ3v) is 3.73. The molecule has 2 aromatic rings. The monoisotopic (exact) mass is 270 g/mol. The van der Waals surface area contributed by atoms with Crippen LogP contribution < -0.4 is 16.3 Å². The molecule has 0 spiro atoms. The van der Waals surface area contributed by atoms with Crippen molar-refractivity contribution in [3.63, 3.8) is 0 Å². The number of hydrogen-bond acceptors (Lipinski definition) is 4. The van der Waals surface area contributed by atoms with Crippen molar-refractivity contribution in [3.05, 3.63) is 47.0 Å². The van der Waals surface area contributed by atoms with Crippen LogP contribution in [0.5, 0.6) is 0 Å². The Bertz CT molecular complexity index is 630. The summed E-state index contributed by atoms with van der Waals surface area (Å²) in [4.78, 5) is 20.5.